The Balaban J connectivity index is 0.000000956. The molecule has 20 heavy (non-hydrogen) atoms. The van der Waals surface area contributed by atoms with Crippen molar-refractivity contribution >= 4 is 7.92 Å². The molecule has 1 heterocycles. The van der Waals surface area contributed by atoms with Gasteiger partial charge in [0.1, 0.15) is 0 Å². The molecule has 1 saturated carbocycles. The third-order valence-corrected chi connectivity index (χ3v) is 8.31. The van der Waals surface area contributed by atoms with E-state index in [9.17, 15) is 0 Å². The molecule has 2 aliphatic rings. The zero-order valence-corrected chi connectivity index (χ0v) is 15.2. The molecule has 0 aromatic rings. The quantitative estimate of drug-likeness (QED) is 0.444. The van der Waals surface area contributed by atoms with Crippen molar-refractivity contribution in [3.8, 4) is 0 Å². The highest BCUT2D eigenvalue weighted by Crippen LogP contribution is 2.48. The Bertz CT molecular complexity index is 160. The van der Waals surface area contributed by atoms with Gasteiger partial charge in [-0.05, 0) is 43.7 Å². The zero-order valence-electron chi connectivity index (χ0n) is 14.3. The van der Waals surface area contributed by atoms with Gasteiger partial charge in [0.25, 0.3) is 0 Å². The molecule has 1 heteroatoms. The van der Waals surface area contributed by atoms with E-state index in [1.165, 1.54) is 51.4 Å². The minimum atomic E-state index is 0.409. The highest BCUT2D eigenvalue weighted by Gasteiger charge is 2.21. The molecule has 0 aromatic carbocycles. The standard InChI is InChI=1S/C17H33P.C2H6/c1-2-6-10-14-17(13-9-5-1)18-15-11-7-3-4-8-12-16-18;1-2/h17H,1-16H2;1-2H3. The van der Waals surface area contributed by atoms with Crippen LogP contribution in [-0.4, -0.2) is 18.0 Å². The van der Waals surface area contributed by atoms with Crippen molar-refractivity contribution in [2.45, 2.75) is 109 Å². The predicted molar refractivity (Wildman–Crippen MR) is 96.4 cm³/mol. The molecule has 1 saturated heterocycles. The van der Waals surface area contributed by atoms with E-state index in [0.717, 1.165) is 5.66 Å². The van der Waals surface area contributed by atoms with Crippen LogP contribution in [-0.2, 0) is 0 Å². The number of rotatable bonds is 1. The molecule has 0 nitrogen and oxygen atoms in total. The van der Waals surface area contributed by atoms with E-state index in [1.807, 2.05) is 13.8 Å². The van der Waals surface area contributed by atoms with Gasteiger partial charge in [-0.3, -0.25) is 0 Å². The smallest absolute Gasteiger partial charge is 0.0209 e. The molecule has 0 aromatic heterocycles. The van der Waals surface area contributed by atoms with Crippen molar-refractivity contribution in [1.29, 1.82) is 0 Å². The molecular formula is C19H39P. The van der Waals surface area contributed by atoms with Crippen LogP contribution in [0.15, 0.2) is 0 Å². The van der Waals surface area contributed by atoms with E-state index in [-0.39, 0.29) is 0 Å². The Morgan fingerprint density at radius 1 is 0.500 bits per heavy atom. The van der Waals surface area contributed by atoms with Gasteiger partial charge >= 0.3 is 0 Å². The Labute approximate surface area is 130 Å². The molecule has 0 amide bonds. The highest BCUT2D eigenvalue weighted by atomic mass is 31.1. The summed E-state index contributed by atoms with van der Waals surface area (Å²) in [5, 5.41) is 0. The first-order valence-electron chi connectivity index (χ1n) is 9.71. The first-order chi connectivity index (χ1) is 9.97. The fraction of sp³-hybridized carbons (Fsp3) is 1.00. The minimum absolute atomic E-state index is 0.409. The predicted octanol–water partition coefficient (Wildman–Crippen LogP) is 7.35. The SMILES string of the molecule is C1CCCCC(P2CCCCCCCC2)CCC1.CC. The Morgan fingerprint density at radius 2 is 0.850 bits per heavy atom. The molecule has 1 aliphatic heterocycles. The third kappa shape index (κ3) is 8.02. The van der Waals surface area contributed by atoms with Gasteiger partial charge in [-0.15, -0.1) is 7.92 Å². The van der Waals surface area contributed by atoms with Crippen LogP contribution < -0.4 is 0 Å². The maximum atomic E-state index is 2.00. The normalized spacial score (nSPS) is 24.9. The number of hydrogen-bond donors (Lipinski definition) is 0. The summed E-state index contributed by atoms with van der Waals surface area (Å²) in [4.78, 5) is 0. The summed E-state index contributed by atoms with van der Waals surface area (Å²) in [6, 6.07) is 0. The summed E-state index contributed by atoms with van der Waals surface area (Å²) < 4.78 is 0. The maximum absolute atomic E-state index is 2.00. The van der Waals surface area contributed by atoms with Crippen LogP contribution in [0.2, 0.25) is 0 Å². The molecule has 2 rings (SSSR count). The third-order valence-electron chi connectivity index (χ3n) is 4.98. The second-order valence-electron chi connectivity index (χ2n) is 6.51. The first-order valence-corrected chi connectivity index (χ1v) is 11.5. The Kier molecular flexibility index (Phi) is 12.1. The van der Waals surface area contributed by atoms with Crippen LogP contribution in [0.5, 0.6) is 0 Å². The topological polar surface area (TPSA) is 0 Å². The summed E-state index contributed by atoms with van der Waals surface area (Å²) in [5.41, 5.74) is 1.16. The van der Waals surface area contributed by atoms with E-state index in [2.05, 4.69) is 0 Å². The van der Waals surface area contributed by atoms with Gasteiger partial charge < -0.3 is 0 Å². The van der Waals surface area contributed by atoms with Crippen molar-refractivity contribution in [3.63, 3.8) is 0 Å². The molecule has 0 N–H and O–H groups in total. The van der Waals surface area contributed by atoms with E-state index in [1.54, 1.807) is 50.8 Å². The lowest BCUT2D eigenvalue weighted by molar-refractivity contribution is 0.624. The van der Waals surface area contributed by atoms with Crippen molar-refractivity contribution < 1.29 is 0 Å². The van der Waals surface area contributed by atoms with E-state index >= 15 is 0 Å². The van der Waals surface area contributed by atoms with Gasteiger partial charge in [-0.2, -0.15) is 0 Å². The molecule has 120 valence electrons. The van der Waals surface area contributed by atoms with Crippen LogP contribution in [0, 0.1) is 0 Å². The highest BCUT2D eigenvalue weighted by molar-refractivity contribution is 7.58. The van der Waals surface area contributed by atoms with Gasteiger partial charge in [0.2, 0.25) is 0 Å². The minimum Gasteiger partial charge on any atom is -0.104 e. The lowest BCUT2D eigenvalue weighted by Gasteiger charge is -2.27. The van der Waals surface area contributed by atoms with E-state index in [0.29, 0.717) is 7.92 Å². The molecule has 0 spiro atoms. The van der Waals surface area contributed by atoms with E-state index < -0.39 is 0 Å². The fourth-order valence-electron chi connectivity index (χ4n) is 3.79. The van der Waals surface area contributed by atoms with Crippen molar-refractivity contribution in [2.24, 2.45) is 0 Å². The maximum Gasteiger partial charge on any atom is -0.0209 e. The monoisotopic (exact) mass is 298 g/mol. The molecule has 1 aliphatic carbocycles. The Hall–Kier alpha value is 0.430. The van der Waals surface area contributed by atoms with Crippen molar-refractivity contribution in [1.82, 2.24) is 0 Å². The fourth-order valence-corrected chi connectivity index (χ4v) is 7.10. The summed E-state index contributed by atoms with van der Waals surface area (Å²) in [7, 11) is 0.409. The Morgan fingerprint density at radius 3 is 1.30 bits per heavy atom. The number of hydrogen-bond acceptors (Lipinski definition) is 0. The zero-order chi connectivity index (χ0) is 14.5. The van der Waals surface area contributed by atoms with Crippen LogP contribution in [0.25, 0.3) is 0 Å². The summed E-state index contributed by atoms with van der Waals surface area (Å²) >= 11 is 0. The molecular weight excluding hydrogens is 259 g/mol. The van der Waals surface area contributed by atoms with Gasteiger partial charge in [0, 0.05) is 0 Å². The lowest BCUT2D eigenvalue weighted by Crippen LogP contribution is -2.10. The largest absolute Gasteiger partial charge is 0.104 e. The van der Waals surface area contributed by atoms with Gasteiger partial charge in [-0.25, -0.2) is 0 Å². The van der Waals surface area contributed by atoms with Crippen LogP contribution in [0.1, 0.15) is 104 Å². The van der Waals surface area contributed by atoms with Crippen LogP contribution >= 0.6 is 7.92 Å². The molecule has 0 radical (unpaired) electrons. The molecule has 2 fully saturated rings. The van der Waals surface area contributed by atoms with E-state index in [4.69, 9.17) is 0 Å². The average molecular weight is 298 g/mol. The second kappa shape index (κ2) is 13.1. The summed E-state index contributed by atoms with van der Waals surface area (Å²) in [5.74, 6) is 0. The van der Waals surface area contributed by atoms with Crippen LogP contribution in [0.3, 0.4) is 0 Å². The van der Waals surface area contributed by atoms with Gasteiger partial charge in [0.05, 0.1) is 0 Å². The first kappa shape index (κ1) is 18.5. The summed E-state index contributed by atoms with van der Waals surface area (Å²) in [6.07, 6.45) is 24.8. The van der Waals surface area contributed by atoms with Gasteiger partial charge in [0.15, 0.2) is 0 Å². The average Bonchev–Trinajstić information content (AvgIpc) is 2.72. The molecule has 0 bridgehead atoms. The van der Waals surface area contributed by atoms with Crippen molar-refractivity contribution in [3.05, 3.63) is 0 Å². The summed E-state index contributed by atoms with van der Waals surface area (Å²) in [6.45, 7) is 4.00. The second-order valence-corrected chi connectivity index (χ2v) is 9.31. The van der Waals surface area contributed by atoms with Crippen molar-refractivity contribution in [2.75, 3.05) is 12.3 Å². The van der Waals surface area contributed by atoms with Gasteiger partial charge in [-0.1, -0.05) is 78.1 Å². The molecule has 0 unspecified atom stereocenters. The lowest BCUT2D eigenvalue weighted by atomic mass is 10.1. The molecule has 0 atom stereocenters. The van der Waals surface area contributed by atoms with Crippen LogP contribution in [0.4, 0.5) is 0 Å².